The molecular weight excluding hydrogens is 451 g/mol. The summed E-state index contributed by atoms with van der Waals surface area (Å²) >= 11 is 11.7. The van der Waals surface area contributed by atoms with Crippen LogP contribution in [0, 0.1) is 6.92 Å². The van der Waals surface area contributed by atoms with E-state index in [9.17, 15) is 18.0 Å². The van der Waals surface area contributed by atoms with Crippen molar-refractivity contribution in [1.82, 2.24) is 4.31 Å². The maximum absolute atomic E-state index is 12.9. The Bertz CT molecular complexity index is 1060. The zero-order valence-electron chi connectivity index (χ0n) is 16.1. The molecule has 1 N–H and O–H groups in total. The fourth-order valence-corrected chi connectivity index (χ4v) is 5.10. The van der Waals surface area contributed by atoms with Crippen molar-refractivity contribution in [1.29, 1.82) is 0 Å². The Balaban J connectivity index is 1.63. The average Bonchev–Trinajstić information content (AvgIpc) is 3.20. The number of benzene rings is 2. The molecule has 1 heterocycles. The second-order valence-corrected chi connectivity index (χ2v) is 9.61. The molecule has 7 nitrogen and oxygen atoms in total. The van der Waals surface area contributed by atoms with Gasteiger partial charge in [0.25, 0.3) is 5.91 Å². The van der Waals surface area contributed by atoms with Gasteiger partial charge in [0.05, 0.1) is 4.90 Å². The number of hydrogen-bond acceptors (Lipinski definition) is 5. The Morgan fingerprint density at radius 1 is 1.13 bits per heavy atom. The molecular formula is C20H20Cl2N2O5S. The summed E-state index contributed by atoms with van der Waals surface area (Å²) < 4.78 is 32.0. The smallest absolute Gasteiger partial charge is 0.324 e. The van der Waals surface area contributed by atoms with Gasteiger partial charge in [0.2, 0.25) is 10.0 Å². The number of nitrogens with one attached hydrogen (secondary N) is 1. The van der Waals surface area contributed by atoms with Crippen LogP contribution in [0.15, 0.2) is 47.4 Å². The summed E-state index contributed by atoms with van der Waals surface area (Å²) in [5.74, 6) is -1.30. The zero-order chi connectivity index (χ0) is 21.9. The summed E-state index contributed by atoms with van der Waals surface area (Å²) in [6, 6.07) is 9.78. The van der Waals surface area contributed by atoms with Crippen LogP contribution in [0.25, 0.3) is 0 Å². The summed E-state index contributed by atoms with van der Waals surface area (Å²) in [4.78, 5) is 24.7. The monoisotopic (exact) mass is 470 g/mol. The van der Waals surface area contributed by atoms with Crippen molar-refractivity contribution in [3.63, 3.8) is 0 Å². The highest BCUT2D eigenvalue weighted by Crippen LogP contribution is 2.27. The largest absolute Gasteiger partial charge is 0.454 e. The minimum absolute atomic E-state index is 0.0424. The van der Waals surface area contributed by atoms with E-state index in [0.717, 1.165) is 9.87 Å². The van der Waals surface area contributed by atoms with Crippen LogP contribution in [0.5, 0.6) is 0 Å². The van der Waals surface area contributed by atoms with E-state index < -0.39 is 34.5 Å². The van der Waals surface area contributed by atoms with Gasteiger partial charge in [-0.15, -0.1) is 0 Å². The van der Waals surface area contributed by atoms with Crippen molar-refractivity contribution < 1.29 is 22.7 Å². The SMILES string of the molecule is Cc1ccc(Cl)cc1NC(=O)COC(=O)C1CCCN1S(=O)(=O)c1ccc(Cl)cc1. The molecule has 0 saturated carbocycles. The van der Waals surface area contributed by atoms with Gasteiger partial charge in [-0.3, -0.25) is 9.59 Å². The standard InChI is InChI=1S/C20H20Cl2N2O5S/c1-13-4-5-15(22)11-17(13)23-19(25)12-29-20(26)18-3-2-10-24(18)30(27,28)16-8-6-14(21)7-9-16/h4-9,11,18H,2-3,10,12H2,1H3,(H,23,25). The van der Waals surface area contributed by atoms with Crippen LogP contribution in [0.4, 0.5) is 5.69 Å². The minimum atomic E-state index is -3.89. The lowest BCUT2D eigenvalue weighted by Gasteiger charge is -2.22. The minimum Gasteiger partial charge on any atom is -0.454 e. The predicted molar refractivity (Wildman–Crippen MR) is 114 cm³/mol. The van der Waals surface area contributed by atoms with E-state index in [1.807, 2.05) is 0 Å². The van der Waals surface area contributed by atoms with Gasteiger partial charge < -0.3 is 10.1 Å². The normalized spacial score (nSPS) is 17.0. The van der Waals surface area contributed by atoms with Crippen molar-refractivity contribution in [3.05, 3.63) is 58.1 Å². The average molecular weight is 471 g/mol. The van der Waals surface area contributed by atoms with E-state index in [0.29, 0.717) is 28.6 Å². The Morgan fingerprint density at radius 3 is 2.50 bits per heavy atom. The van der Waals surface area contributed by atoms with Crippen LogP contribution in [0.1, 0.15) is 18.4 Å². The molecule has 1 unspecified atom stereocenters. The number of ether oxygens (including phenoxy) is 1. The highest BCUT2D eigenvalue weighted by Gasteiger charge is 2.40. The molecule has 3 rings (SSSR count). The van der Waals surface area contributed by atoms with Gasteiger partial charge in [-0.05, 0) is 61.7 Å². The van der Waals surface area contributed by atoms with Crippen molar-refractivity contribution in [2.45, 2.75) is 30.7 Å². The van der Waals surface area contributed by atoms with Gasteiger partial charge in [0, 0.05) is 22.3 Å². The molecule has 0 spiro atoms. The number of carbonyl (C=O) groups is 2. The quantitative estimate of drug-likeness (QED) is 0.650. The van der Waals surface area contributed by atoms with Gasteiger partial charge in [-0.1, -0.05) is 29.3 Å². The van der Waals surface area contributed by atoms with Gasteiger partial charge in [-0.2, -0.15) is 4.31 Å². The van der Waals surface area contributed by atoms with Crippen LogP contribution in [0.3, 0.4) is 0 Å². The summed E-state index contributed by atoms with van der Waals surface area (Å²) in [5.41, 5.74) is 1.31. The van der Waals surface area contributed by atoms with E-state index in [4.69, 9.17) is 27.9 Å². The fourth-order valence-electron chi connectivity index (χ4n) is 3.15. The van der Waals surface area contributed by atoms with Crippen LogP contribution in [0.2, 0.25) is 10.0 Å². The second kappa shape index (κ2) is 9.34. The number of rotatable bonds is 6. The molecule has 1 aliphatic rings. The van der Waals surface area contributed by atoms with Crippen LogP contribution < -0.4 is 5.32 Å². The summed E-state index contributed by atoms with van der Waals surface area (Å²) in [6.07, 6.45) is 0.834. The number of nitrogens with zero attached hydrogens (tertiary/aromatic N) is 1. The van der Waals surface area contributed by atoms with Crippen molar-refractivity contribution in [3.8, 4) is 0 Å². The number of aryl methyl sites for hydroxylation is 1. The first-order chi connectivity index (χ1) is 14.2. The number of esters is 1. The number of hydrogen-bond donors (Lipinski definition) is 1. The molecule has 1 atom stereocenters. The lowest BCUT2D eigenvalue weighted by Crippen LogP contribution is -2.42. The highest BCUT2D eigenvalue weighted by atomic mass is 35.5. The molecule has 1 fully saturated rings. The lowest BCUT2D eigenvalue weighted by molar-refractivity contribution is -0.150. The predicted octanol–water partition coefficient (Wildman–Crippen LogP) is 3.64. The molecule has 30 heavy (non-hydrogen) atoms. The molecule has 0 aromatic heterocycles. The van der Waals surface area contributed by atoms with Gasteiger partial charge >= 0.3 is 5.97 Å². The maximum atomic E-state index is 12.9. The van der Waals surface area contributed by atoms with E-state index in [1.165, 1.54) is 24.3 Å². The molecule has 2 aromatic rings. The third kappa shape index (κ3) is 5.13. The molecule has 1 amide bonds. The topological polar surface area (TPSA) is 92.8 Å². The van der Waals surface area contributed by atoms with Crippen LogP contribution in [-0.2, 0) is 24.3 Å². The van der Waals surface area contributed by atoms with E-state index in [2.05, 4.69) is 5.32 Å². The van der Waals surface area contributed by atoms with Gasteiger partial charge in [0.1, 0.15) is 6.04 Å². The molecule has 1 aliphatic heterocycles. The van der Waals surface area contributed by atoms with Crippen molar-refractivity contribution in [2.75, 3.05) is 18.5 Å². The third-order valence-electron chi connectivity index (χ3n) is 4.72. The number of sulfonamides is 1. The Hall–Kier alpha value is -2.13. The molecule has 0 radical (unpaired) electrons. The third-order valence-corrected chi connectivity index (χ3v) is 7.12. The lowest BCUT2D eigenvalue weighted by atomic mass is 10.2. The van der Waals surface area contributed by atoms with Crippen LogP contribution in [-0.4, -0.2) is 43.8 Å². The number of amides is 1. The number of carbonyl (C=O) groups excluding carboxylic acids is 2. The first kappa shape index (κ1) is 22.6. The molecule has 1 saturated heterocycles. The van der Waals surface area contributed by atoms with Crippen LogP contribution >= 0.6 is 23.2 Å². The summed E-state index contributed by atoms with van der Waals surface area (Å²) in [5, 5.41) is 3.49. The molecule has 0 aliphatic carbocycles. The molecule has 2 aromatic carbocycles. The molecule has 10 heteroatoms. The van der Waals surface area contributed by atoms with Gasteiger partial charge in [-0.25, -0.2) is 8.42 Å². The highest BCUT2D eigenvalue weighted by molar-refractivity contribution is 7.89. The zero-order valence-corrected chi connectivity index (χ0v) is 18.4. The number of halogens is 2. The fraction of sp³-hybridized carbons (Fsp3) is 0.300. The van der Waals surface area contributed by atoms with E-state index in [1.54, 1.807) is 25.1 Å². The van der Waals surface area contributed by atoms with E-state index in [-0.39, 0.29) is 11.4 Å². The molecule has 160 valence electrons. The van der Waals surface area contributed by atoms with Crippen molar-refractivity contribution >= 4 is 50.8 Å². The molecule has 0 bridgehead atoms. The maximum Gasteiger partial charge on any atom is 0.324 e. The number of anilines is 1. The van der Waals surface area contributed by atoms with Crippen molar-refractivity contribution in [2.24, 2.45) is 0 Å². The summed E-state index contributed by atoms with van der Waals surface area (Å²) in [6.45, 7) is 1.46. The van der Waals surface area contributed by atoms with Gasteiger partial charge in [0.15, 0.2) is 6.61 Å². The first-order valence-electron chi connectivity index (χ1n) is 9.18. The Kier molecular flexibility index (Phi) is 7.02. The first-order valence-corrected chi connectivity index (χ1v) is 11.4. The van der Waals surface area contributed by atoms with E-state index >= 15 is 0 Å². The Labute approximate surface area is 185 Å². The Morgan fingerprint density at radius 2 is 1.80 bits per heavy atom. The summed E-state index contributed by atoms with van der Waals surface area (Å²) in [7, 11) is -3.89. The second-order valence-electron chi connectivity index (χ2n) is 6.84.